The summed E-state index contributed by atoms with van der Waals surface area (Å²) in [5, 5.41) is 7.38. The van der Waals surface area contributed by atoms with E-state index in [2.05, 4.69) is 15.4 Å². The number of amides is 1. The number of carbonyl (C=O) groups excluding carboxylic acids is 1. The van der Waals surface area contributed by atoms with Gasteiger partial charge in [-0.3, -0.25) is 9.48 Å². The second-order valence-corrected chi connectivity index (χ2v) is 8.28. The molecule has 1 amide bonds. The van der Waals surface area contributed by atoms with Gasteiger partial charge in [-0.15, -0.1) is 0 Å². The van der Waals surface area contributed by atoms with Crippen LogP contribution < -0.4 is 10.1 Å². The first-order valence-electron chi connectivity index (χ1n) is 9.88. The number of nitrogens with zero attached hydrogens (tertiary/aromatic N) is 3. The van der Waals surface area contributed by atoms with Crippen LogP contribution in [-0.4, -0.2) is 40.9 Å². The van der Waals surface area contributed by atoms with Gasteiger partial charge in [0.25, 0.3) is 12.3 Å². The summed E-state index contributed by atoms with van der Waals surface area (Å²) in [7, 11) is 1.30. The third-order valence-electron chi connectivity index (χ3n) is 4.93. The number of aliphatic imine (C=N–C) groups is 1. The van der Waals surface area contributed by atoms with Gasteiger partial charge in [0.05, 0.1) is 42.4 Å². The Morgan fingerprint density at radius 2 is 2.00 bits per heavy atom. The highest BCUT2D eigenvalue weighted by Gasteiger charge is 2.34. The average Bonchev–Trinajstić information content (AvgIpc) is 3.34. The lowest BCUT2D eigenvalue weighted by Crippen LogP contribution is -2.25. The van der Waals surface area contributed by atoms with Gasteiger partial charge in [0.1, 0.15) is 5.75 Å². The van der Waals surface area contributed by atoms with Crippen molar-refractivity contribution in [2.45, 2.75) is 19.1 Å². The standard InChI is InChI=1S/C22H17F5N4O2S/c1-33-15-4-3-13(16(8-15)22(25,26)27)11-31-17-5-2-12(6-14(17)9-29-31)7-18-20(32)30-21(34-18)28-10-19(23)24/h2-9,19H,10-11H2,1H3,(H,28,30,32). The highest BCUT2D eigenvalue weighted by molar-refractivity contribution is 8.18. The summed E-state index contributed by atoms with van der Waals surface area (Å²) in [6.45, 7) is -0.716. The SMILES string of the molecule is COc1ccc(Cn2ncc3cc(C=C4SC(NCC(F)F)=NC4=O)ccc32)c(C(F)(F)F)c1. The molecule has 0 saturated heterocycles. The van der Waals surface area contributed by atoms with Crippen molar-refractivity contribution >= 4 is 39.8 Å². The van der Waals surface area contributed by atoms with E-state index < -0.39 is 30.6 Å². The number of carbonyl (C=O) groups is 1. The Labute approximate surface area is 194 Å². The Bertz CT molecular complexity index is 1300. The van der Waals surface area contributed by atoms with Gasteiger partial charge in [-0.25, -0.2) is 8.78 Å². The second-order valence-electron chi connectivity index (χ2n) is 7.25. The van der Waals surface area contributed by atoms with Gasteiger partial charge in [-0.1, -0.05) is 12.1 Å². The van der Waals surface area contributed by atoms with E-state index >= 15 is 0 Å². The Balaban J connectivity index is 1.56. The van der Waals surface area contributed by atoms with Crippen LogP contribution in [0.5, 0.6) is 5.75 Å². The maximum atomic E-state index is 13.5. The fourth-order valence-electron chi connectivity index (χ4n) is 3.37. The molecule has 3 aromatic rings. The van der Waals surface area contributed by atoms with Gasteiger partial charge >= 0.3 is 6.18 Å². The molecule has 2 aromatic carbocycles. The predicted octanol–water partition coefficient (Wildman–Crippen LogP) is 4.94. The minimum atomic E-state index is -4.55. The van der Waals surface area contributed by atoms with Gasteiger partial charge in [0.15, 0.2) is 5.17 Å². The molecule has 1 aliphatic heterocycles. The normalized spacial score (nSPS) is 15.4. The zero-order valence-electron chi connectivity index (χ0n) is 17.6. The van der Waals surface area contributed by atoms with Crippen molar-refractivity contribution in [3.8, 4) is 5.75 Å². The van der Waals surface area contributed by atoms with Crippen LogP contribution in [0.4, 0.5) is 22.0 Å². The Morgan fingerprint density at radius 3 is 2.71 bits per heavy atom. The quantitative estimate of drug-likeness (QED) is 0.387. The minimum Gasteiger partial charge on any atom is -0.497 e. The molecule has 0 saturated carbocycles. The zero-order valence-corrected chi connectivity index (χ0v) is 18.4. The molecule has 0 spiro atoms. The number of aromatic nitrogens is 2. The molecule has 2 heterocycles. The molecule has 0 bridgehead atoms. The zero-order chi connectivity index (χ0) is 24.5. The van der Waals surface area contributed by atoms with Crippen molar-refractivity contribution in [1.29, 1.82) is 0 Å². The van der Waals surface area contributed by atoms with E-state index in [9.17, 15) is 26.7 Å². The molecule has 1 N–H and O–H groups in total. The predicted molar refractivity (Wildman–Crippen MR) is 119 cm³/mol. The summed E-state index contributed by atoms with van der Waals surface area (Å²) in [6, 6.07) is 8.87. The van der Waals surface area contributed by atoms with Crippen molar-refractivity contribution < 1.29 is 31.5 Å². The van der Waals surface area contributed by atoms with Gasteiger partial charge in [0, 0.05) is 5.39 Å². The van der Waals surface area contributed by atoms with E-state index in [0.717, 1.165) is 17.8 Å². The number of thioether (sulfide) groups is 1. The number of fused-ring (bicyclic) bond motifs is 1. The second kappa shape index (κ2) is 9.45. The third kappa shape index (κ3) is 5.22. The number of nitrogens with one attached hydrogen (secondary N) is 1. The maximum Gasteiger partial charge on any atom is 0.416 e. The van der Waals surface area contributed by atoms with Crippen LogP contribution in [-0.2, 0) is 17.5 Å². The number of methoxy groups -OCH3 is 1. The van der Waals surface area contributed by atoms with Gasteiger partial charge in [0.2, 0.25) is 0 Å². The maximum absolute atomic E-state index is 13.5. The molecular weight excluding hydrogens is 479 g/mol. The van der Waals surface area contributed by atoms with E-state index in [1.807, 2.05) is 0 Å². The van der Waals surface area contributed by atoms with Crippen LogP contribution in [0.3, 0.4) is 0 Å². The molecular formula is C22H17F5N4O2S. The summed E-state index contributed by atoms with van der Waals surface area (Å²) in [6.07, 6.45) is -4.04. The monoisotopic (exact) mass is 496 g/mol. The number of rotatable bonds is 6. The highest BCUT2D eigenvalue weighted by Crippen LogP contribution is 2.35. The topological polar surface area (TPSA) is 68.5 Å². The van der Waals surface area contributed by atoms with E-state index in [-0.39, 0.29) is 27.9 Å². The summed E-state index contributed by atoms with van der Waals surface area (Å²) in [4.78, 5) is 16.0. The third-order valence-corrected chi connectivity index (χ3v) is 5.88. The molecule has 12 heteroatoms. The van der Waals surface area contributed by atoms with Crippen molar-refractivity contribution in [2.24, 2.45) is 4.99 Å². The first-order valence-corrected chi connectivity index (χ1v) is 10.7. The molecule has 6 nitrogen and oxygen atoms in total. The fourth-order valence-corrected chi connectivity index (χ4v) is 4.19. The van der Waals surface area contributed by atoms with Crippen molar-refractivity contribution in [2.75, 3.05) is 13.7 Å². The number of amidine groups is 1. The van der Waals surface area contributed by atoms with Crippen LogP contribution in [0.25, 0.3) is 17.0 Å². The number of hydrogen-bond donors (Lipinski definition) is 1. The molecule has 34 heavy (non-hydrogen) atoms. The number of benzene rings is 2. The summed E-state index contributed by atoms with van der Waals surface area (Å²) < 4.78 is 71.6. The van der Waals surface area contributed by atoms with Crippen LogP contribution in [0.15, 0.2) is 52.5 Å². The molecule has 0 unspecified atom stereocenters. The molecule has 4 rings (SSSR count). The number of halogens is 5. The smallest absolute Gasteiger partial charge is 0.416 e. The number of ether oxygens (including phenoxy) is 1. The molecule has 0 radical (unpaired) electrons. The first kappa shape index (κ1) is 23.7. The van der Waals surface area contributed by atoms with Crippen LogP contribution in [0, 0.1) is 0 Å². The van der Waals surface area contributed by atoms with E-state index in [4.69, 9.17) is 4.74 Å². The Morgan fingerprint density at radius 1 is 1.21 bits per heavy atom. The van der Waals surface area contributed by atoms with Crippen molar-refractivity contribution in [3.63, 3.8) is 0 Å². The molecule has 0 aliphatic carbocycles. The summed E-state index contributed by atoms with van der Waals surface area (Å²) >= 11 is 0.954. The first-order chi connectivity index (χ1) is 16.1. The molecule has 0 atom stereocenters. The lowest BCUT2D eigenvalue weighted by atomic mass is 10.1. The van der Waals surface area contributed by atoms with E-state index in [1.54, 1.807) is 24.3 Å². The van der Waals surface area contributed by atoms with Crippen molar-refractivity contribution in [1.82, 2.24) is 15.1 Å². The van der Waals surface area contributed by atoms with Crippen LogP contribution in [0.2, 0.25) is 0 Å². The van der Waals surface area contributed by atoms with Crippen LogP contribution >= 0.6 is 11.8 Å². The highest BCUT2D eigenvalue weighted by atomic mass is 32.2. The minimum absolute atomic E-state index is 0.0402. The average molecular weight is 496 g/mol. The van der Waals surface area contributed by atoms with Gasteiger partial charge in [-0.2, -0.15) is 23.3 Å². The van der Waals surface area contributed by atoms with Crippen LogP contribution in [0.1, 0.15) is 16.7 Å². The van der Waals surface area contributed by atoms with E-state index in [0.29, 0.717) is 16.5 Å². The Kier molecular flexibility index (Phi) is 6.60. The molecule has 0 fully saturated rings. The lowest BCUT2D eigenvalue weighted by molar-refractivity contribution is -0.138. The Hall–Kier alpha value is -3.41. The lowest BCUT2D eigenvalue weighted by Gasteiger charge is -2.14. The number of alkyl halides is 5. The largest absolute Gasteiger partial charge is 0.497 e. The van der Waals surface area contributed by atoms with Gasteiger partial charge in [-0.05, 0) is 53.2 Å². The fraction of sp³-hybridized carbons (Fsp3) is 0.227. The van der Waals surface area contributed by atoms with Crippen molar-refractivity contribution in [3.05, 3.63) is 64.2 Å². The summed E-state index contributed by atoms with van der Waals surface area (Å²) in [5.74, 6) is -0.438. The molecule has 1 aromatic heterocycles. The van der Waals surface area contributed by atoms with Gasteiger partial charge < -0.3 is 10.1 Å². The van der Waals surface area contributed by atoms with E-state index in [1.165, 1.54) is 30.1 Å². The number of hydrogen-bond acceptors (Lipinski definition) is 5. The summed E-state index contributed by atoms with van der Waals surface area (Å²) in [5.41, 5.74) is 0.476. The molecule has 1 aliphatic rings. The molecule has 178 valence electrons.